The second-order valence-electron chi connectivity index (χ2n) is 6.24. The van der Waals surface area contributed by atoms with Gasteiger partial charge in [0.15, 0.2) is 9.84 Å². The van der Waals surface area contributed by atoms with Crippen molar-refractivity contribution in [2.45, 2.75) is 18.0 Å². The molecule has 0 saturated heterocycles. The molecule has 0 aliphatic rings. The van der Waals surface area contributed by atoms with Crippen molar-refractivity contribution in [3.63, 3.8) is 0 Å². The molecule has 0 fully saturated rings. The van der Waals surface area contributed by atoms with Crippen molar-refractivity contribution in [1.29, 1.82) is 0 Å². The second kappa shape index (κ2) is 8.21. The van der Waals surface area contributed by atoms with Crippen LogP contribution < -0.4 is 11.4 Å². The molecule has 1 aromatic carbocycles. The number of nitrogens with zero attached hydrogens (tertiary/aromatic N) is 3. The summed E-state index contributed by atoms with van der Waals surface area (Å²) < 4.78 is 38.7. The summed E-state index contributed by atoms with van der Waals surface area (Å²) in [6, 6.07) is 10.5. The molecule has 2 aromatic heterocycles. The Labute approximate surface area is 165 Å². The van der Waals surface area contributed by atoms with Gasteiger partial charge in [-0.15, -0.1) is 11.3 Å². The van der Waals surface area contributed by atoms with Gasteiger partial charge < -0.3 is 5.73 Å². The molecule has 7 nitrogen and oxygen atoms in total. The molecule has 3 aromatic rings. The SMILES string of the molecule is CS(=O)(=O)c1cccc(-c2ccc(Cn3cnn(C/C(=C/F)CN)c3=O)s2)c1. The molecule has 0 atom stereocenters. The van der Waals surface area contributed by atoms with E-state index in [0.29, 0.717) is 12.9 Å². The quantitative estimate of drug-likeness (QED) is 0.628. The van der Waals surface area contributed by atoms with Gasteiger partial charge in [0.2, 0.25) is 0 Å². The zero-order valence-corrected chi connectivity index (χ0v) is 16.7. The van der Waals surface area contributed by atoms with Crippen molar-refractivity contribution in [1.82, 2.24) is 14.3 Å². The lowest BCUT2D eigenvalue weighted by Gasteiger charge is -2.02. The molecular weight excluding hydrogens is 403 g/mol. The van der Waals surface area contributed by atoms with E-state index in [4.69, 9.17) is 5.73 Å². The lowest BCUT2D eigenvalue weighted by molar-refractivity contribution is 0.602. The second-order valence-corrected chi connectivity index (χ2v) is 9.42. The molecule has 0 aliphatic carbocycles. The fraction of sp³-hybridized carbons (Fsp3) is 0.222. The van der Waals surface area contributed by atoms with E-state index in [2.05, 4.69) is 5.10 Å². The smallest absolute Gasteiger partial charge is 0.327 e. The van der Waals surface area contributed by atoms with Crippen LogP contribution in [-0.2, 0) is 22.9 Å². The lowest BCUT2D eigenvalue weighted by atomic mass is 10.2. The van der Waals surface area contributed by atoms with E-state index in [1.165, 1.54) is 28.5 Å². The van der Waals surface area contributed by atoms with Gasteiger partial charge in [0.05, 0.1) is 24.3 Å². The topological polar surface area (TPSA) is 100.0 Å². The summed E-state index contributed by atoms with van der Waals surface area (Å²) in [7, 11) is -3.28. The van der Waals surface area contributed by atoms with Crippen LogP contribution in [-0.4, -0.2) is 35.6 Å². The Hall–Kier alpha value is -2.56. The van der Waals surface area contributed by atoms with E-state index in [-0.39, 0.29) is 29.2 Å². The van der Waals surface area contributed by atoms with Crippen LogP contribution in [0.3, 0.4) is 0 Å². The largest absolute Gasteiger partial charge is 0.346 e. The molecule has 3 rings (SSSR count). The highest BCUT2D eigenvalue weighted by Crippen LogP contribution is 2.29. The van der Waals surface area contributed by atoms with Gasteiger partial charge in [-0.25, -0.2) is 22.3 Å². The average Bonchev–Trinajstić information content (AvgIpc) is 3.27. The fourth-order valence-corrected chi connectivity index (χ4v) is 4.26. The molecule has 0 spiro atoms. The van der Waals surface area contributed by atoms with E-state index >= 15 is 0 Å². The number of nitrogens with two attached hydrogens (primary N) is 1. The first-order valence-corrected chi connectivity index (χ1v) is 11.0. The predicted octanol–water partition coefficient (Wildman–Crippen LogP) is 2.04. The van der Waals surface area contributed by atoms with Gasteiger partial charge in [-0.3, -0.25) is 4.57 Å². The normalized spacial score (nSPS) is 12.5. The number of benzene rings is 1. The highest BCUT2D eigenvalue weighted by molar-refractivity contribution is 7.90. The average molecular weight is 423 g/mol. The van der Waals surface area contributed by atoms with Gasteiger partial charge in [-0.2, -0.15) is 5.10 Å². The number of rotatable bonds is 7. The Morgan fingerprint density at radius 2 is 2.11 bits per heavy atom. The van der Waals surface area contributed by atoms with E-state index in [0.717, 1.165) is 20.0 Å². The molecule has 0 radical (unpaired) electrons. The number of halogens is 1. The molecule has 28 heavy (non-hydrogen) atoms. The highest BCUT2D eigenvalue weighted by Gasteiger charge is 2.12. The number of hydrogen-bond donors (Lipinski definition) is 1. The van der Waals surface area contributed by atoms with Gasteiger partial charge in [-0.1, -0.05) is 12.1 Å². The summed E-state index contributed by atoms with van der Waals surface area (Å²) in [4.78, 5) is 14.4. The van der Waals surface area contributed by atoms with Crippen molar-refractivity contribution >= 4 is 21.2 Å². The number of thiophene rings is 1. The van der Waals surface area contributed by atoms with Gasteiger partial charge in [0.25, 0.3) is 0 Å². The number of aromatic nitrogens is 3. The highest BCUT2D eigenvalue weighted by atomic mass is 32.2. The summed E-state index contributed by atoms with van der Waals surface area (Å²) in [5.74, 6) is 0. The van der Waals surface area contributed by atoms with Gasteiger partial charge >= 0.3 is 5.69 Å². The van der Waals surface area contributed by atoms with Gasteiger partial charge in [-0.05, 0) is 35.4 Å². The maximum absolute atomic E-state index is 12.7. The first-order chi connectivity index (χ1) is 13.3. The molecule has 2 N–H and O–H groups in total. The van der Waals surface area contributed by atoms with Crippen LogP contribution >= 0.6 is 11.3 Å². The molecule has 2 heterocycles. The Kier molecular flexibility index (Phi) is 5.92. The first-order valence-electron chi connectivity index (χ1n) is 8.31. The molecule has 0 bridgehead atoms. The molecule has 10 heteroatoms. The lowest BCUT2D eigenvalue weighted by Crippen LogP contribution is -2.26. The third-order valence-electron chi connectivity index (χ3n) is 4.10. The van der Waals surface area contributed by atoms with Crippen molar-refractivity contribution in [3.05, 3.63) is 70.0 Å². The van der Waals surface area contributed by atoms with Crippen molar-refractivity contribution in [3.8, 4) is 10.4 Å². The Morgan fingerprint density at radius 1 is 1.32 bits per heavy atom. The third-order valence-corrected chi connectivity index (χ3v) is 6.33. The Bertz CT molecular complexity index is 1180. The van der Waals surface area contributed by atoms with Crippen LogP contribution in [0.25, 0.3) is 10.4 Å². The zero-order chi connectivity index (χ0) is 20.3. The van der Waals surface area contributed by atoms with E-state index in [1.807, 2.05) is 18.2 Å². The van der Waals surface area contributed by atoms with Crippen molar-refractivity contribution in [2.24, 2.45) is 5.73 Å². The minimum Gasteiger partial charge on any atom is -0.327 e. The minimum absolute atomic E-state index is 0.00675. The Morgan fingerprint density at radius 3 is 2.79 bits per heavy atom. The van der Waals surface area contributed by atoms with Crippen LogP contribution in [0.15, 0.2) is 64.3 Å². The molecule has 0 amide bonds. The first kappa shape index (κ1) is 20.2. The maximum atomic E-state index is 12.7. The Balaban J connectivity index is 1.81. The summed E-state index contributed by atoms with van der Waals surface area (Å²) in [5.41, 5.74) is 6.12. The standard InChI is InChI=1S/C18H19FN4O3S2/c1-28(25,26)16-4-2-3-14(7-16)17-6-5-15(27-17)11-22-12-21-23(18(22)24)10-13(8-19)9-20/h2-8,12H,9-11,20H2,1H3/b13-8+. The van der Waals surface area contributed by atoms with Gasteiger partial charge in [0.1, 0.15) is 6.33 Å². The van der Waals surface area contributed by atoms with Crippen molar-refractivity contribution in [2.75, 3.05) is 12.8 Å². The van der Waals surface area contributed by atoms with Crippen LogP contribution in [0.1, 0.15) is 4.88 Å². The monoisotopic (exact) mass is 422 g/mol. The van der Waals surface area contributed by atoms with Crippen LogP contribution in [0, 0.1) is 0 Å². The van der Waals surface area contributed by atoms with E-state index in [9.17, 15) is 17.6 Å². The van der Waals surface area contributed by atoms with Crippen LogP contribution in [0.2, 0.25) is 0 Å². The summed E-state index contributed by atoms with van der Waals surface area (Å²) in [6.45, 7) is 0.329. The number of hydrogen-bond acceptors (Lipinski definition) is 6. The minimum atomic E-state index is -3.28. The summed E-state index contributed by atoms with van der Waals surface area (Å²) in [6.07, 6.45) is 2.96. The molecule has 0 saturated carbocycles. The fourth-order valence-electron chi connectivity index (χ4n) is 2.59. The van der Waals surface area contributed by atoms with Gasteiger partial charge in [0, 0.05) is 22.6 Å². The molecular formula is C18H19FN4O3S2. The third kappa shape index (κ3) is 4.46. The molecule has 0 unspecified atom stereocenters. The predicted molar refractivity (Wildman–Crippen MR) is 107 cm³/mol. The van der Waals surface area contributed by atoms with Crippen molar-refractivity contribution < 1.29 is 12.8 Å². The van der Waals surface area contributed by atoms with Crippen LogP contribution in [0.5, 0.6) is 0 Å². The zero-order valence-electron chi connectivity index (χ0n) is 15.1. The van der Waals surface area contributed by atoms with E-state index in [1.54, 1.807) is 18.2 Å². The summed E-state index contributed by atoms with van der Waals surface area (Å²) in [5, 5.41) is 3.99. The summed E-state index contributed by atoms with van der Waals surface area (Å²) >= 11 is 1.46. The molecule has 0 aliphatic heterocycles. The number of sulfone groups is 1. The van der Waals surface area contributed by atoms with E-state index < -0.39 is 9.84 Å². The maximum Gasteiger partial charge on any atom is 0.346 e. The van der Waals surface area contributed by atoms with Crippen LogP contribution in [0.4, 0.5) is 4.39 Å². The molecule has 148 valence electrons.